The van der Waals surface area contributed by atoms with Crippen molar-refractivity contribution in [2.45, 2.75) is 25.9 Å². The monoisotopic (exact) mass is 236 g/mol. The number of carbonyl (C=O) groups excluding carboxylic acids is 2. The van der Waals surface area contributed by atoms with Gasteiger partial charge < -0.3 is 5.32 Å². The lowest BCUT2D eigenvalue weighted by Crippen LogP contribution is -2.39. The molecule has 1 aromatic heterocycles. The van der Waals surface area contributed by atoms with Crippen molar-refractivity contribution in [3.63, 3.8) is 0 Å². The fraction of sp³-hybridized carbons (Fsp3) is 0.545. The molecule has 2 rings (SSSR count). The molecule has 92 valence electrons. The number of aromatic nitrogens is 2. The van der Waals surface area contributed by atoms with Crippen LogP contribution in [0.25, 0.3) is 0 Å². The Morgan fingerprint density at radius 1 is 1.53 bits per heavy atom. The minimum Gasteiger partial charge on any atom is -0.304 e. The Bertz CT molecular complexity index is 402. The Hall–Kier alpha value is -1.69. The fourth-order valence-electron chi connectivity index (χ4n) is 1.96. The highest BCUT2D eigenvalue weighted by molar-refractivity contribution is 6.05. The number of nitrogens with zero attached hydrogens (tertiary/aromatic N) is 3. The zero-order valence-corrected chi connectivity index (χ0v) is 9.80. The van der Waals surface area contributed by atoms with Crippen LogP contribution in [0.2, 0.25) is 0 Å². The molecule has 0 saturated carbocycles. The molecule has 2 amide bonds. The molecule has 0 aromatic carbocycles. The first kappa shape index (κ1) is 11.8. The number of imide groups is 1. The molecule has 1 saturated heterocycles. The van der Waals surface area contributed by atoms with E-state index in [0.717, 1.165) is 0 Å². The second-order valence-electron chi connectivity index (χ2n) is 3.96. The number of likely N-dealkylation sites (tertiary alicyclic amines) is 1. The van der Waals surface area contributed by atoms with Gasteiger partial charge in [0, 0.05) is 25.5 Å². The van der Waals surface area contributed by atoms with E-state index in [0.29, 0.717) is 19.6 Å². The second-order valence-corrected chi connectivity index (χ2v) is 3.96. The van der Waals surface area contributed by atoms with Crippen molar-refractivity contribution in [3.8, 4) is 0 Å². The molecule has 0 spiro atoms. The Morgan fingerprint density at radius 2 is 2.35 bits per heavy atom. The predicted molar refractivity (Wildman–Crippen MR) is 61.0 cm³/mol. The Balaban J connectivity index is 1.80. The van der Waals surface area contributed by atoms with Crippen LogP contribution in [0.15, 0.2) is 18.5 Å². The minimum atomic E-state index is -0.363. The van der Waals surface area contributed by atoms with E-state index < -0.39 is 0 Å². The van der Waals surface area contributed by atoms with Gasteiger partial charge >= 0.3 is 0 Å². The van der Waals surface area contributed by atoms with Crippen LogP contribution >= 0.6 is 0 Å². The van der Waals surface area contributed by atoms with Crippen LogP contribution in [0.5, 0.6) is 0 Å². The summed E-state index contributed by atoms with van der Waals surface area (Å²) < 4.78 is 1.78. The van der Waals surface area contributed by atoms with Crippen molar-refractivity contribution < 1.29 is 9.59 Å². The standard InChI is InChI=1S/C11H16N4O2/c1-2-15-10(16)8-9(11(15)17)12-5-7-14-6-3-4-13-14/h3-4,6,9,12H,2,5,7-8H2,1H3. The van der Waals surface area contributed by atoms with Gasteiger partial charge in [0.15, 0.2) is 0 Å². The maximum atomic E-state index is 11.8. The molecular weight excluding hydrogens is 220 g/mol. The average molecular weight is 236 g/mol. The molecule has 1 N–H and O–H groups in total. The Labute approximate surface area is 99.6 Å². The van der Waals surface area contributed by atoms with Gasteiger partial charge in [-0.2, -0.15) is 5.10 Å². The summed E-state index contributed by atoms with van der Waals surface area (Å²) in [5, 5.41) is 7.15. The maximum Gasteiger partial charge on any atom is 0.246 e. The van der Waals surface area contributed by atoms with Crippen LogP contribution in [-0.2, 0) is 16.1 Å². The topological polar surface area (TPSA) is 67.2 Å². The van der Waals surface area contributed by atoms with Gasteiger partial charge in [-0.3, -0.25) is 19.2 Å². The minimum absolute atomic E-state index is 0.0888. The third-order valence-corrected chi connectivity index (χ3v) is 2.85. The largest absolute Gasteiger partial charge is 0.304 e. The van der Waals surface area contributed by atoms with Crippen LogP contribution in [0, 0.1) is 0 Å². The van der Waals surface area contributed by atoms with Crippen molar-refractivity contribution in [2.75, 3.05) is 13.1 Å². The first-order valence-electron chi connectivity index (χ1n) is 5.77. The third kappa shape index (κ3) is 2.52. The van der Waals surface area contributed by atoms with Crippen LogP contribution in [0.4, 0.5) is 0 Å². The predicted octanol–water partition coefficient (Wildman–Crippen LogP) is -0.380. The molecule has 0 radical (unpaired) electrons. The average Bonchev–Trinajstić information content (AvgIpc) is 2.89. The number of hydrogen-bond donors (Lipinski definition) is 1. The number of carbonyl (C=O) groups is 2. The zero-order valence-electron chi connectivity index (χ0n) is 9.80. The van der Waals surface area contributed by atoms with Gasteiger partial charge in [0.1, 0.15) is 0 Å². The molecule has 0 aliphatic carbocycles. The summed E-state index contributed by atoms with van der Waals surface area (Å²) in [7, 11) is 0. The van der Waals surface area contributed by atoms with E-state index in [9.17, 15) is 9.59 Å². The summed E-state index contributed by atoms with van der Waals surface area (Å²) in [4.78, 5) is 24.5. The molecule has 6 nitrogen and oxygen atoms in total. The van der Waals surface area contributed by atoms with Gasteiger partial charge in [-0.05, 0) is 13.0 Å². The first-order chi connectivity index (χ1) is 8.22. The van der Waals surface area contributed by atoms with Crippen molar-refractivity contribution in [3.05, 3.63) is 18.5 Å². The summed E-state index contributed by atoms with van der Waals surface area (Å²) in [5.74, 6) is -0.202. The summed E-state index contributed by atoms with van der Waals surface area (Å²) in [5.41, 5.74) is 0. The van der Waals surface area contributed by atoms with Crippen molar-refractivity contribution >= 4 is 11.8 Å². The van der Waals surface area contributed by atoms with Crippen LogP contribution in [0.3, 0.4) is 0 Å². The van der Waals surface area contributed by atoms with E-state index >= 15 is 0 Å². The highest BCUT2D eigenvalue weighted by Crippen LogP contribution is 2.11. The van der Waals surface area contributed by atoms with Gasteiger partial charge in [-0.1, -0.05) is 0 Å². The van der Waals surface area contributed by atoms with E-state index in [1.807, 2.05) is 19.2 Å². The highest BCUT2D eigenvalue weighted by Gasteiger charge is 2.36. The Kier molecular flexibility index (Phi) is 3.53. The van der Waals surface area contributed by atoms with Gasteiger partial charge in [0.05, 0.1) is 19.0 Å². The number of amides is 2. The van der Waals surface area contributed by atoms with E-state index in [1.54, 1.807) is 10.9 Å². The van der Waals surface area contributed by atoms with Crippen LogP contribution in [-0.4, -0.2) is 45.6 Å². The molecule has 17 heavy (non-hydrogen) atoms. The fourth-order valence-corrected chi connectivity index (χ4v) is 1.96. The smallest absolute Gasteiger partial charge is 0.246 e. The lowest BCUT2D eigenvalue weighted by Gasteiger charge is -2.12. The summed E-state index contributed by atoms with van der Waals surface area (Å²) in [6.07, 6.45) is 3.84. The van der Waals surface area contributed by atoms with Gasteiger partial charge in [-0.15, -0.1) is 0 Å². The summed E-state index contributed by atoms with van der Waals surface area (Å²) in [6.45, 7) is 3.58. The number of nitrogens with one attached hydrogen (secondary N) is 1. The molecule has 1 unspecified atom stereocenters. The quantitative estimate of drug-likeness (QED) is 0.708. The van der Waals surface area contributed by atoms with E-state index in [4.69, 9.17) is 0 Å². The molecule has 1 aromatic rings. The molecule has 1 aliphatic heterocycles. The van der Waals surface area contributed by atoms with Crippen LogP contribution < -0.4 is 5.32 Å². The van der Waals surface area contributed by atoms with E-state index in [2.05, 4.69) is 10.4 Å². The normalized spacial score (nSPS) is 20.3. The van der Waals surface area contributed by atoms with Gasteiger partial charge in [0.25, 0.3) is 0 Å². The van der Waals surface area contributed by atoms with E-state index in [-0.39, 0.29) is 24.3 Å². The van der Waals surface area contributed by atoms with Crippen LogP contribution in [0.1, 0.15) is 13.3 Å². The van der Waals surface area contributed by atoms with Crippen molar-refractivity contribution in [1.29, 1.82) is 0 Å². The highest BCUT2D eigenvalue weighted by atomic mass is 16.2. The number of likely N-dealkylation sites (N-methyl/N-ethyl adjacent to an activating group) is 1. The lowest BCUT2D eigenvalue weighted by atomic mass is 10.2. The molecule has 1 atom stereocenters. The lowest BCUT2D eigenvalue weighted by molar-refractivity contribution is -0.138. The summed E-state index contributed by atoms with van der Waals surface area (Å²) >= 11 is 0. The molecule has 1 aliphatic rings. The van der Waals surface area contributed by atoms with Gasteiger partial charge in [0.2, 0.25) is 11.8 Å². The van der Waals surface area contributed by atoms with Crippen molar-refractivity contribution in [1.82, 2.24) is 20.0 Å². The molecule has 2 heterocycles. The van der Waals surface area contributed by atoms with E-state index in [1.165, 1.54) is 4.90 Å². The molecule has 6 heteroatoms. The maximum absolute atomic E-state index is 11.8. The van der Waals surface area contributed by atoms with Gasteiger partial charge in [-0.25, -0.2) is 0 Å². The zero-order chi connectivity index (χ0) is 12.3. The molecular formula is C11H16N4O2. The summed E-state index contributed by atoms with van der Waals surface area (Å²) in [6, 6.07) is 1.49. The third-order valence-electron chi connectivity index (χ3n) is 2.85. The SMILES string of the molecule is CCN1C(=O)CC(NCCn2cccn2)C1=O. The number of rotatable bonds is 5. The second kappa shape index (κ2) is 5.09. The molecule has 1 fully saturated rings. The first-order valence-corrected chi connectivity index (χ1v) is 5.77. The Morgan fingerprint density at radius 3 is 2.94 bits per heavy atom. The van der Waals surface area contributed by atoms with Crippen molar-refractivity contribution in [2.24, 2.45) is 0 Å². The number of hydrogen-bond acceptors (Lipinski definition) is 4. The molecule has 0 bridgehead atoms.